The van der Waals surface area contributed by atoms with Crippen LogP contribution in [0.2, 0.25) is 0 Å². The van der Waals surface area contributed by atoms with Gasteiger partial charge in [0.05, 0.1) is 12.2 Å². The summed E-state index contributed by atoms with van der Waals surface area (Å²) < 4.78 is 7.49. The molecule has 0 fully saturated rings. The largest absolute Gasteiger partial charge is 0.487 e. The van der Waals surface area contributed by atoms with Crippen LogP contribution in [0.1, 0.15) is 24.6 Å². The van der Waals surface area contributed by atoms with Crippen LogP contribution in [0, 0.1) is 13.8 Å². The quantitative estimate of drug-likeness (QED) is 0.868. The Morgan fingerprint density at radius 1 is 1.39 bits per heavy atom. The van der Waals surface area contributed by atoms with Crippen LogP contribution >= 0.6 is 11.3 Å². The van der Waals surface area contributed by atoms with Crippen molar-refractivity contribution in [3.05, 3.63) is 44.5 Å². The SMILES string of the molecule is Cc1ccc2c(c1)OC(C)CN2C(=O)CCn1c(C)csc1=O. The van der Waals surface area contributed by atoms with Gasteiger partial charge in [0, 0.05) is 24.0 Å². The second-order valence-electron chi connectivity index (χ2n) is 5.95. The number of aromatic nitrogens is 1. The highest BCUT2D eigenvalue weighted by atomic mass is 32.1. The molecule has 1 aliphatic rings. The molecule has 1 aromatic heterocycles. The summed E-state index contributed by atoms with van der Waals surface area (Å²) >= 11 is 1.17. The number of benzene rings is 1. The van der Waals surface area contributed by atoms with E-state index in [9.17, 15) is 9.59 Å². The first-order valence-electron chi connectivity index (χ1n) is 7.68. The highest BCUT2D eigenvalue weighted by Crippen LogP contribution is 2.34. The molecule has 3 rings (SSSR count). The molecule has 1 aliphatic heterocycles. The van der Waals surface area contributed by atoms with E-state index in [1.807, 2.05) is 44.4 Å². The van der Waals surface area contributed by atoms with Crippen molar-refractivity contribution < 1.29 is 9.53 Å². The van der Waals surface area contributed by atoms with Crippen LogP contribution in [0.3, 0.4) is 0 Å². The number of rotatable bonds is 3. The molecule has 5 nitrogen and oxygen atoms in total. The highest BCUT2D eigenvalue weighted by Gasteiger charge is 2.27. The van der Waals surface area contributed by atoms with Crippen molar-refractivity contribution in [3.63, 3.8) is 0 Å². The summed E-state index contributed by atoms with van der Waals surface area (Å²) in [4.78, 5) is 26.2. The van der Waals surface area contributed by atoms with Gasteiger partial charge in [0.25, 0.3) is 0 Å². The van der Waals surface area contributed by atoms with Crippen LogP contribution in [-0.2, 0) is 11.3 Å². The number of carbonyl (C=O) groups is 1. The Balaban J connectivity index is 1.79. The van der Waals surface area contributed by atoms with Crippen molar-refractivity contribution in [2.24, 2.45) is 0 Å². The second-order valence-corrected chi connectivity index (χ2v) is 6.77. The molecule has 1 atom stereocenters. The molecule has 122 valence electrons. The van der Waals surface area contributed by atoms with Gasteiger partial charge in [-0.05, 0) is 38.5 Å². The third kappa shape index (κ3) is 3.17. The number of fused-ring (bicyclic) bond motifs is 1. The summed E-state index contributed by atoms with van der Waals surface area (Å²) in [6, 6.07) is 5.86. The van der Waals surface area contributed by atoms with E-state index < -0.39 is 0 Å². The standard InChI is InChI=1S/C17H20N2O3S/c1-11-4-5-14-15(8-11)22-13(3)9-19(14)16(20)6-7-18-12(2)10-23-17(18)21/h4-5,8,10,13H,6-7,9H2,1-3H3. The molecule has 0 aliphatic carbocycles. The number of carbonyl (C=O) groups excluding carboxylic acids is 1. The number of thiazole rings is 1. The van der Waals surface area contributed by atoms with E-state index >= 15 is 0 Å². The number of nitrogens with zero attached hydrogens (tertiary/aromatic N) is 2. The lowest BCUT2D eigenvalue weighted by molar-refractivity contribution is -0.119. The van der Waals surface area contributed by atoms with Crippen molar-refractivity contribution >= 4 is 22.9 Å². The van der Waals surface area contributed by atoms with Crippen LogP contribution in [0.4, 0.5) is 5.69 Å². The van der Waals surface area contributed by atoms with E-state index in [0.717, 1.165) is 22.7 Å². The monoisotopic (exact) mass is 332 g/mol. The van der Waals surface area contributed by atoms with Crippen LogP contribution in [0.15, 0.2) is 28.4 Å². The average molecular weight is 332 g/mol. The van der Waals surface area contributed by atoms with Crippen LogP contribution in [0.25, 0.3) is 0 Å². The van der Waals surface area contributed by atoms with Crippen molar-refractivity contribution in [2.45, 2.75) is 39.8 Å². The molecule has 0 saturated carbocycles. The van der Waals surface area contributed by atoms with E-state index in [4.69, 9.17) is 4.74 Å². The summed E-state index contributed by atoms with van der Waals surface area (Å²) in [6.07, 6.45) is 0.260. The summed E-state index contributed by atoms with van der Waals surface area (Å²) in [5.74, 6) is 0.767. The molecular weight excluding hydrogens is 312 g/mol. The molecule has 0 radical (unpaired) electrons. The molecular formula is C17H20N2O3S. The first kappa shape index (κ1) is 15.8. The number of anilines is 1. The van der Waals surface area contributed by atoms with E-state index in [0.29, 0.717) is 19.5 Å². The number of aryl methyl sites for hydroxylation is 2. The maximum absolute atomic E-state index is 12.7. The maximum Gasteiger partial charge on any atom is 0.307 e. The number of ether oxygens (including phenoxy) is 1. The van der Waals surface area contributed by atoms with Gasteiger partial charge in [0.1, 0.15) is 11.9 Å². The fourth-order valence-corrected chi connectivity index (χ4v) is 3.56. The Labute approximate surface area is 139 Å². The molecule has 2 heterocycles. The van der Waals surface area contributed by atoms with Gasteiger partial charge < -0.3 is 14.2 Å². The molecule has 1 amide bonds. The van der Waals surface area contributed by atoms with Gasteiger partial charge in [-0.2, -0.15) is 0 Å². The minimum atomic E-state index is -0.0427. The zero-order valence-corrected chi connectivity index (χ0v) is 14.4. The Morgan fingerprint density at radius 2 is 2.17 bits per heavy atom. The Morgan fingerprint density at radius 3 is 2.87 bits per heavy atom. The lowest BCUT2D eigenvalue weighted by Gasteiger charge is -2.33. The molecule has 0 saturated heterocycles. The maximum atomic E-state index is 12.7. The normalized spacial score (nSPS) is 16.8. The molecule has 0 bridgehead atoms. The van der Waals surface area contributed by atoms with E-state index in [1.54, 1.807) is 9.47 Å². The van der Waals surface area contributed by atoms with E-state index in [1.165, 1.54) is 11.3 Å². The Bertz CT molecular complexity index is 793. The summed E-state index contributed by atoms with van der Waals surface area (Å²) in [5.41, 5.74) is 2.82. The van der Waals surface area contributed by atoms with Crippen LogP contribution < -0.4 is 14.5 Å². The van der Waals surface area contributed by atoms with Gasteiger partial charge in [0.15, 0.2) is 0 Å². The first-order valence-corrected chi connectivity index (χ1v) is 8.56. The molecule has 2 aromatic rings. The van der Waals surface area contributed by atoms with Crippen molar-refractivity contribution in [3.8, 4) is 5.75 Å². The summed E-state index contributed by atoms with van der Waals surface area (Å²) in [6.45, 7) is 6.80. The lowest BCUT2D eigenvalue weighted by atomic mass is 10.1. The minimum absolute atomic E-state index is 0.0123. The lowest BCUT2D eigenvalue weighted by Crippen LogP contribution is -2.42. The zero-order valence-electron chi connectivity index (χ0n) is 13.5. The van der Waals surface area contributed by atoms with Crippen LogP contribution in [-0.4, -0.2) is 23.1 Å². The molecule has 23 heavy (non-hydrogen) atoms. The summed E-state index contributed by atoms with van der Waals surface area (Å²) in [5, 5.41) is 1.82. The Hall–Kier alpha value is -2.08. The third-order valence-corrected chi connectivity index (χ3v) is 4.88. The second kappa shape index (κ2) is 6.20. The molecule has 1 aromatic carbocycles. The first-order chi connectivity index (χ1) is 11.0. The van der Waals surface area contributed by atoms with Gasteiger partial charge >= 0.3 is 4.87 Å². The smallest absolute Gasteiger partial charge is 0.307 e. The third-order valence-electron chi connectivity index (χ3n) is 4.00. The van der Waals surface area contributed by atoms with Gasteiger partial charge in [-0.25, -0.2) is 0 Å². The van der Waals surface area contributed by atoms with Crippen molar-refractivity contribution in [1.29, 1.82) is 0 Å². The van der Waals surface area contributed by atoms with Crippen molar-refractivity contribution in [2.75, 3.05) is 11.4 Å². The predicted molar refractivity (Wildman–Crippen MR) is 91.6 cm³/mol. The van der Waals surface area contributed by atoms with E-state index in [-0.39, 0.29) is 16.9 Å². The number of amides is 1. The Kier molecular flexibility index (Phi) is 4.26. The van der Waals surface area contributed by atoms with Gasteiger partial charge in [-0.1, -0.05) is 17.4 Å². The molecule has 0 spiro atoms. The van der Waals surface area contributed by atoms with Crippen LogP contribution in [0.5, 0.6) is 5.75 Å². The predicted octanol–water partition coefficient (Wildman–Crippen LogP) is 2.73. The zero-order chi connectivity index (χ0) is 16.6. The number of hydrogen-bond donors (Lipinski definition) is 0. The van der Waals surface area contributed by atoms with E-state index in [2.05, 4.69) is 0 Å². The van der Waals surface area contributed by atoms with Gasteiger partial charge in [-0.3, -0.25) is 9.59 Å². The molecule has 0 N–H and O–H groups in total. The summed E-state index contributed by atoms with van der Waals surface area (Å²) in [7, 11) is 0. The fraction of sp³-hybridized carbons (Fsp3) is 0.412. The molecule has 1 unspecified atom stereocenters. The van der Waals surface area contributed by atoms with Gasteiger partial charge in [0.2, 0.25) is 5.91 Å². The average Bonchev–Trinajstić information content (AvgIpc) is 2.82. The van der Waals surface area contributed by atoms with Gasteiger partial charge in [-0.15, -0.1) is 0 Å². The highest BCUT2D eigenvalue weighted by molar-refractivity contribution is 7.07. The van der Waals surface area contributed by atoms with Crippen molar-refractivity contribution in [1.82, 2.24) is 4.57 Å². The molecule has 6 heteroatoms. The number of hydrogen-bond acceptors (Lipinski definition) is 4. The topological polar surface area (TPSA) is 51.5 Å². The minimum Gasteiger partial charge on any atom is -0.487 e. The fourth-order valence-electron chi connectivity index (χ4n) is 2.80.